The van der Waals surface area contributed by atoms with E-state index in [1.165, 1.54) is 18.2 Å². The van der Waals surface area contributed by atoms with Crippen LogP contribution in [0.25, 0.3) is 0 Å². The van der Waals surface area contributed by atoms with E-state index in [1.807, 2.05) is 37.3 Å². The fourth-order valence-electron chi connectivity index (χ4n) is 3.18. The predicted molar refractivity (Wildman–Crippen MR) is 101 cm³/mol. The van der Waals surface area contributed by atoms with E-state index in [4.69, 9.17) is 4.74 Å². The summed E-state index contributed by atoms with van der Waals surface area (Å²) in [4.78, 5) is 38.1. The zero-order chi connectivity index (χ0) is 20.1. The largest absolute Gasteiger partial charge is 0.455 e. The Morgan fingerprint density at radius 3 is 2.57 bits per heavy atom. The molecule has 1 aliphatic rings. The summed E-state index contributed by atoms with van der Waals surface area (Å²) >= 11 is 0. The maximum Gasteiger partial charge on any atom is 0.311 e. The molecule has 1 heterocycles. The van der Waals surface area contributed by atoms with E-state index in [-0.39, 0.29) is 30.6 Å². The first-order valence-electron chi connectivity index (χ1n) is 9.01. The zero-order valence-corrected chi connectivity index (χ0v) is 15.4. The Hall–Kier alpha value is -3.22. The van der Waals surface area contributed by atoms with Crippen molar-refractivity contribution in [2.75, 3.05) is 18.5 Å². The molecule has 1 N–H and O–H groups in total. The molecule has 2 aromatic carbocycles. The van der Waals surface area contributed by atoms with Crippen molar-refractivity contribution in [2.45, 2.75) is 19.4 Å². The van der Waals surface area contributed by atoms with Crippen molar-refractivity contribution >= 4 is 23.5 Å². The Morgan fingerprint density at radius 2 is 1.86 bits per heavy atom. The normalized spacial score (nSPS) is 17.3. The lowest BCUT2D eigenvalue weighted by Gasteiger charge is -2.25. The number of halogens is 1. The topological polar surface area (TPSA) is 75.7 Å². The van der Waals surface area contributed by atoms with E-state index in [0.29, 0.717) is 0 Å². The van der Waals surface area contributed by atoms with Crippen molar-refractivity contribution in [3.05, 3.63) is 66.0 Å². The summed E-state index contributed by atoms with van der Waals surface area (Å²) in [5.74, 6) is -2.58. The first kappa shape index (κ1) is 19.5. The fourth-order valence-corrected chi connectivity index (χ4v) is 3.18. The number of ether oxygens (including phenoxy) is 1. The van der Waals surface area contributed by atoms with Gasteiger partial charge in [-0.3, -0.25) is 14.4 Å². The monoisotopic (exact) mass is 384 g/mol. The Morgan fingerprint density at radius 1 is 1.18 bits per heavy atom. The van der Waals surface area contributed by atoms with Crippen molar-refractivity contribution < 1.29 is 23.5 Å². The Kier molecular flexibility index (Phi) is 6.03. The van der Waals surface area contributed by atoms with Gasteiger partial charge in [0, 0.05) is 13.0 Å². The van der Waals surface area contributed by atoms with Crippen LogP contribution in [0.15, 0.2) is 54.6 Å². The van der Waals surface area contributed by atoms with Gasteiger partial charge in [-0.15, -0.1) is 0 Å². The van der Waals surface area contributed by atoms with E-state index in [1.54, 1.807) is 11.0 Å². The SMILES string of the molecule is C[C@H](c1ccccc1)N1C[C@@H](C(=O)OCC(=O)Nc2ccccc2F)CC1=O. The van der Waals surface area contributed by atoms with E-state index >= 15 is 0 Å². The molecule has 0 radical (unpaired) electrons. The van der Waals surface area contributed by atoms with Gasteiger partial charge < -0.3 is 15.0 Å². The maximum atomic E-state index is 13.5. The van der Waals surface area contributed by atoms with Crippen molar-refractivity contribution in [2.24, 2.45) is 5.92 Å². The first-order chi connectivity index (χ1) is 13.5. The number of nitrogens with zero attached hydrogens (tertiary/aromatic N) is 1. The zero-order valence-electron chi connectivity index (χ0n) is 15.4. The first-order valence-corrected chi connectivity index (χ1v) is 9.01. The van der Waals surface area contributed by atoms with Gasteiger partial charge in [-0.1, -0.05) is 42.5 Å². The highest BCUT2D eigenvalue weighted by molar-refractivity contribution is 5.93. The standard InChI is InChI=1S/C21H21FN2O4/c1-14(15-7-3-2-4-8-15)24-12-16(11-20(24)26)21(27)28-13-19(25)23-18-10-6-5-9-17(18)22/h2-10,14,16H,11-13H2,1H3,(H,23,25)/t14-,16+/m1/s1. The van der Waals surface area contributed by atoms with Crippen molar-refractivity contribution in [3.63, 3.8) is 0 Å². The average molecular weight is 384 g/mol. The van der Waals surface area contributed by atoms with Gasteiger partial charge >= 0.3 is 5.97 Å². The lowest BCUT2D eigenvalue weighted by Crippen LogP contribution is -2.30. The van der Waals surface area contributed by atoms with Crippen molar-refractivity contribution in [3.8, 4) is 0 Å². The summed E-state index contributed by atoms with van der Waals surface area (Å²) in [6.07, 6.45) is 0.0466. The van der Waals surface area contributed by atoms with Gasteiger partial charge in [-0.25, -0.2) is 4.39 Å². The summed E-state index contributed by atoms with van der Waals surface area (Å²) in [5.41, 5.74) is 0.997. The second kappa shape index (κ2) is 8.65. The van der Waals surface area contributed by atoms with Gasteiger partial charge in [-0.05, 0) is 24.6 Å². The van der Waals surface area contributed by atoms with Gasteiger partial charge in [0.15, 0.2) is 6.61 Å². The van der Waals surface area contributed by atoms with E-state index in [9.17, 15) is 18.8 Å². The lowest BCUT2D eigenvalue weighted by molar-refractivity contribution is -0.151. The molecule has 7 heteroatoms. The van der Waals surface area contributed by atoms with Crippen LogP contribution in [0, 0.1) is 11.7 Å². The van der Waals surface area contributed by atoms with Crippen LogP contribution in [0.1, 0.15) is 24.9 Å². The number of esters is 1. The summed E-state index contributed by atoms with van der Waals surface area (Å²) in [6.45, 7) is 1.61. The van der Waals surface area contributed by atoms with E-state index in [2.05, 4.69) is 5.32 Å². The molecule has 146 valence electrons. The summed E-state index contributed by atoms with van der Waals surface area (Å²) in [7, 11) is 0. The van der Waals surface area contributed by atoms with E-state index < -0.39 is 30.2 Å². The number of benzene rings is 2. The molecule has 2 aromatic rings. The van der Waals surface area contributed by atoms with Crippen LogP contribution in [-0.2, 0) is 19.1 Å². The molecule has 0 unspecified atom stereocenters. The summed E-state index contributed by atoms with van der Waals surface area (Å²) < 4.78 is 18.6. The Balaban J connectivity index is 1.52. The van der Waals surface area contributed by atoms with Crippen LogP contribution in [-0.4, -0.2) is 35.8 Å². The van der Waals surface area contributed by atoms with Gasteiger partial charge in [0.2, 0.25) is 5.91 Å². The van der Waals surface area contributed by atoms with Crippen molar-refractivity contribution in [1.29, 1.82) is 0 Å². The molecular weight excluding hydrogens is 363 g/mol. The van der Waals surface area contributed by atoms with Crippen LogP contribution >= 0.6 is 0 Å². The molecule has 2 amide bonds. The van der Waals surface area contributed by atoms with Crippen LogP contribution in [0.5, 0.6) is 0 Å². The van der Waals surface area contributed by atoms with Crippen LogP contribution in [0.4, 0.5) is 10.1 Å². The minimum absolute atomic E-state index is 0.0162. The molecule has 1 aliphatic heterocycles. The number of anilines is 1. The third kappa shape index (κ3) is 4.54. The number of hydrogen-bond acceptors (Lipinski definition) is 4. The third-order valence-electron chi connectivity index (χ3n) is 4.73. The van der Waals surface area contributed by atoms with Crippen LogP contribution in [0.2, 0.25) is 0 Å². The Labute approximate surface area is 162 Å². The number of carbonyl (C=O) groups is 3. The molecular formula is C21H21FN2O4. The number of carbonyl (C=O) groups excluding carboxylic acids is 3. The predicted octanol–water partition coefficient (Wildman–Crippen LogP) is 2.92. The molecule has 0 saturated carbocycles. The smallest absolute Gasteiger partial charge is 0.311 e. The molecule has 0 spiro atoms. The number of amides is 2. The van der Waals surface area contributed by atoms with Gasteiger partial charge in [0.25, 0.3) is 5.91 Å². The quantitative estimate of drug-likeness (QED) is 0.777. The van der Waals surface area contributed by atoms with Crippen LogP contribution in [0.3, 0.4) is 0 Å². The van der Waals surface area contributed by atoms with Gasteiger partial charge in [0.1, 0.15) is 5.82 Å². The number of likely N-dealkylation sites (tertiary alicyclic amines) is 1. The molecule has 3 rings (SSSR count). The number of para-hydroxylation sites is 1. The molecule has 0 aromatic heterocycles. The number of nitrogens with one attached hydrogen (secondary N) is 1. The second-order valence-electron chi connectivity index (χ2n) is 6.67. The maximum absolute atomic E-state index is 13.5. The van der Waals surface area contributed by atoms with E-state index in [0.717, 1.165) is 5.56 Å². The molecule has 1 saturated heterocycles. The minimum atomic E-state index is -0.641. The summed E-state index contributed by atoms with van der Waals surface area (Å²) in [5, 5.41) is 2.34. The third-order valence-corrected chi connectivity index (χ3v) is 4.73. The second-order valence-corrected chi connectivity index (χ2v) is 6.67. The number of hydrogen-bond donors (Lipinski definition) is 1. The Bertz CT molecular complexity index is 872. The van der Waals surface area contributed by atoms with Gasteiger partial charge in [-0.2, -0.15) is 0 Å². The molecule has 0 bridgehead atoms. The molecule has 2 atom stereocenters. The fraction of sp³-hybridized carbons (Fsp3) is 0.286. The molecule has 0 aliphatic carbocycles. The average Bonchev–Trinajstić information content (AvgIpc) is 3.10. The molecule has 1 fully saturated rings. The minimum Gasteiger partial charge on any atom is -0.455 e. The van der Waals surface area contributed by atoms with Crippen molar-refractivity contribution in [1.82, 2.24) is 4.90 Å². The summed E-state index contributed by atoms with van der Waals surface area (Å²) in [6, 6.07) is 15.1. The lowest BCUT2D eigenvalue weighted by atomic mass is 10.1. The number of rotatable bonds is 6. The van der Waals surface area contributed by atoms with Gasteiger partial charge in [0.05, 0.1) is 17.6 Å². The van der Waals surface area contributed by atoms with Crippen LogP contribution < -0.4 is 5.32 Å². The highest BCUT2D eigenvalue weighted by Crippen LogP contribution is 2.29. The molecule has 28 heavy (non-hydrogen) atoms. The highest BCUT2D eigenvalue weighted by Gasteiger charge is 2.38. The highest BCUT2D eigenvalue weighted by atomic mass is 19.1. The molecule has 6 nitrogen and oxygen atoms in total.